The normalized spacial score (nSPS) is 11.9. The maximum Gasteiger partial charge on any atom is 0.323 e. The second-order valence-electron chi connectivity index (χ2n) is 4.76. The van der Waals surface area contributed by atoms with Gasteiger partial charge in [0.25, 0.3) is 0 Å². The number of hydrogen-bond donors (Lipinski definition) is 1. The molecular formula is C16H25NO3. The van der Waals surface area contributed by atoms with Gasteiger partial charge >= 0.3 is 5.97 Å². The van der Waals surface area contributed by atoms with Gasteiger partial charge in [0.2, 0.25) is 0 Å². The topological polar surface area (TPSA) is 61.5 Å². The highest BCUT2D eigenvalue weighted by Crippen LogP contribution is 2.14. The number of nitrogens with two attached hydrogens (primary N) is 1. The Bertz CT molecular complexity index is 389. The van der Waals surface area contributed by atoms with Crippen LogP contribution in [0.4, 0.5) is 0 Å². The maximum absolute atomic E-state index is 11.4. The minimum absolute atomic E-state index is 0.354. The molecule has 112 valence electrons. The summed E-state index contributed by atoms with van der Waals surface area (Å²) in [6, 6.07) is 7.10. The standard InChI is InChI=1S/C16H25NO3/c1-3-5-6-11-20-14-9-7-13(8-10-14)12-15(17)16(18)19-4-2/h7-10,15H,3-6,11-12,17H2,1-2H3. The van der Waals surface area contributed by atoms with Crippen molar-refractivity contribution in [2.24, 2.45) is 5.73 Å². The van der Waals surface area contributed by atoms with Crippen LogP contribution in [0.15, 0.2) is 24.3 Å². The Kier molecular flexibility index (Phi) is 7.73. The highest BCUT2D eigenvalue weighted by atomic mass is 16.5. The SMILES string of the molecule is CCCCCOc1ccc(CC(N)C(=O)OCC)cc1. The molecular weight excluding hydrogens is 254 g/mol. The monoisotopic (exact) mass is 279 g/mol. The predicted octanol–water partition coefficient (Wildman–Crippen LogP) is 2.69. The van der Waals surface area contributed by atoms with E-state index in [-0.39, 0.29) is 5.97 Å². The van der Waals surface area contributed by atoms with Gasteiger partial charge in [0.1, 0.15) is 11.8 Å². The Morgan fingerprint density at radius 1 is 1.20 bits per heavy atom. The van der Waals surface area contributed by atoms with E-state index in [1.165, 1.54) is 12.8 Å². The molecule has 0 aliphatic heterocycles. The fourth-order valence-corrected chi connectivity index (χ4v) is 1.85. The zero-order valence-corrected chi connectivity index (χ0v) is 12.4. The predicted molar refractivity (Wildman–Crippen MR) is 79.8 cm³/mol. The smallest absolute Gasteiger partial charge is 0.323 e. The van der Waals surface area contributed by atoms with E-state index in [0.717, 1.165) is 24.3 Å². The quantitative estimate of drug-likeness (QED) is 0.557. The second-order valence-corrected chi connectivity index (χ2v) is 4.76. The van der Waals surface area contributed by atoms with E-state index in [2.05, 4.69) is 6.92 Å². The minimum Gasteiger partial charge on any atom is -0.494 e. The van der Waals surface area contributed by atoms with Crippen molar-refractivity contribution >= 4 is 5.97 Å². The van der Waals surface area contributed by atoms with Crippen LogP contribution in [0.1, 0.15) is 38.7 Å². The number of carbonyl (C=O) groups excluding carboxylic acids is 1. The molecule has 0 amide bonds. The fraction of sp³-hybridized carbons (Fsp3) is 0.562. The van der Waals surface area contributed by atoms with Gasteiger partial charge in [-0.3, -0.25) is 4.79 Å². The van der Waals surface area contributed by atoms with Crippen molar-refractivity contribution in [2.45, 2.75) is 45.6 Å². The third-order valence-corrected chi connectivity index (χ3v) is 2.98. The summed E-state index contributed by atoms with van der Waals surface area (Å²) in [5.41, 5.74) is 6.79. The zero-order valence-electron chi connectivity index (χ0n) is 12.4. The third-order valence-electron chi connectivity index (χ3n) is 2.98. The van der Waals surface area contributed by atoms with Crippen molar-refractivity contribution in [3.05, 3.63) is 29.8 Å². The summed E-state index contributed by atoms with van der Waals surface area (Å²) in [6.07, 6.45) is 3.93. The Morgan fingerprint density at radius 3 is 2.50 bits per heavy atom. The maximum atomic E-state index is 11.4. The highest BCUT2D eigenvalue weighted by Gasteiger charge is 2.14. The Morgan fingerprint density at radius 2 is 1.90 bits per heavy atom. The van der Waals surface area contributed by atoms with Crippen LogP contribution in [0.25, 0.3) is 0 Å². The van der Waals surface area contributed by atoms with Crippen LogP contribution >= 0.6 is 0 Å². The van der Waals surface area contributed by atoms with Crippen LogP contribution in [0.3, 0.4) is 0 Å². The van der Waals surface area contributed by atoms with E-state index in [1.807, 2.05) is 24.3 Å². The van der Waals surface area contributed by atoms with Gasteiger partial charge in [-0.1, -0.05) is 31.9 Å². The van der Waals surface area contributed by atoms with E-state index >= 15 is 0 Å². The Balaban J connectivity index is 2.40. The van der Waals surface area contributed by atoms with E-state index in [4.69, 9.17) is 15.2 Å². The van der Waals surface area contributed by atoms with Crippen molar-refractivity contribution in [1.29, 1.82) is 0 Å². The lowest BCUT2D eigenvalue weighted by Gasteiger charge is -2.11. The molecule has 0 bridgehead atoms. The molecule has 0 fully saturated rings. The molecule has 4 heteroatoms. The molecule has 0 aliphatic carbocycles. The molecule has 0 radical (unpaired) electrons. The molecule has 2 N–H and O–H groups in total. The van der Waals surface area contributed by atoms with Gasteiger partial charge in [-0.15, -0.1) is 0 Å². The van der Waals surface area contributed by atoms with Crippen LogP contribution < -0.4 is 10.5 Å². The van der Waals surface area contributed by atoms with Gasteiger partial charge in [-0.05, 0) is 37.5 Å². The third kappa shape index (κ3) is 6.06. The molecule has 1 atom stereocenters. The molecule has 0 saturated heterocycles. The first-order valence-corrected chi connectivity index (χ1v) is 7.31. The van der Waals surface area contributed by atoms with Crippen LogP contribution in [0, 0.1) is 0 Å². The van der Waals surface area contributed by atoms with Crippen LogP contribution in [0.2, 0.25) is 0 Å². The van der Waals surface area contributed by atoms with Crippen molar-refractivity contribution in [2.75, 3.05) is 13.2 Å². The first-order chi connectivity index (χ1) is 9.67. The fourth-order valence-electron chi connectivity index (χ4n) is 1.85. The highest BCUT2D eigenvalue weighted by molar-refractivity contribution is 5.75. The van der Waals surface area contributed by atoms with E-state index < -0.39 is 6.04 Å². The van der Waals surface area contributed by atoms with Gasteiger partial charge in [0.15, 0.2) is 0 Å². The Labute approximate surface area is 121 Å². The van der Waals surface area contributed by atoms with Gasteiger partial charge < -0.3 is 15.2 Å². The first kappa shape index (κ1) is 16.5. The lowest BCUT2D eigenvalue weighted by atomic mass is 10.1. The minimum atomic E-state index is -0.605. The van der Waals surface area contributed by atoms with Crippen molar-refractivity contribution in [1.82, 2.24) is 0 Å². The van der Waals surface area contributed by atoms with Gasteiger partial charge in [0.05, 0.1) is 13.2 Å². The van der Waals surface area contributed by atoms with E-state index in [9.17, 15) is 4.79 Å². The zero-order chi connectivity index (χ0) is 14.8. The second kappa shape index (κ2) is 9.37. The number of unbranched alkanes of at least 4 members (excludes halogenated alkanes) is 2. The molecule has 1 unspecified atom stereocenters. The molecule has 0 heterocycles. The van der Waals surface area contributed by atoms with Gasteiger partial charge in [-0.2, -0.15) is 0 Å². The number of carbonyl (C=O) groups is 1. The number of ether oxygens (including phenoxy) is 2. The van der Waals surface area contributed by atoms with Crippen LogP contribution in [-0.2, 0) is 16.0 Å². The lowest BCUT2D eigenvalue weighted by molar-refractivity contribution is -0.144. The average Bonchev–Trinajstić information content (AvgIpc) is 2.45. The molecule has 1 rings (SSSR count). The summed E-state index contributed by atoms with van der Waals surface area (Å²) in [7, 11) is 0. The molecule has 0 aliphatic rings. The van der Waals surface area contributed by atoms with Crippen molar-refractivity contribution in [3.63, 3.8) is 0 Å². The summed E-state index contributed by atoms with van der Waals surface area (Å²) >= 11 is 0. The molecule has 20 heavy (non-hydrogen) atoms. The van der Waals surface area contributed by atoms with E-state index in [0.29, 0.717) is 13.0 Å². The summed E-state index contributed by atoms with van der Waals surface area (Å²) in [4.78, 5) is 11.4. The number of rotatable bonds is 9. The average molecular weight is 279 g/mol. The van der Waals surface area contributed by atoms with Crippen LogP contribution in [0.5, 0.6) is 5.75 Å². The van der Waals surface area contributed by atoms with E-state index in [1.54, 1.807) is 6.92 Å². The Hall–Kier alpha value is -1.55. The summed E-state index contributed by atoms with van der Waals surface area (Å²) in [5, 5.41) is 0. The summed E-state index contributed by atoms with van der Waals surface area (Å²) < 4.78 is 10.5. The molecule has 4 nitrogen and oxygen atoms in total. The number of esters is 1. The van der Waals surface area contributed by atoms with Crippen molar-refractivity contribution < 1.29 is 14.3 Å². The van der Waals surface area contributed by atoms with Crippen LogP contribution in [-0.4, -0.2) is 25.2 Å². The number of benzene rings is 1. The van der Waals surface area contributed by atoms with Gasteiger partial charge in [0, 0.05) is 0 Å². The molecule has 1 aromatic rings. The molecule has 1 aromatic carbocycles. The summed E-state index contributed by atoms with van der Waals surface area (Å²) in [6.45, 7) is 5.05. The molecule has 0 spiro atoms. The molecule has 0 saturated carbocycles. The van der Waals surface area contributed by atoms with Crippen molar-refractivity contribution in [3.8, 4) is 5.75 Å². The lowest BCUT2D eigenvalue weighted by Crippen LogP contribution is -2.34. The summed E-state index contributed by atoms with van der Waals surface area (Å²) in [5.74, 6) is 0.502. The largest absolute Gasteiger partial charge is 0.494 e. The first-order valence-electron chi connectivity index (χ1n) is 7.31. The number of hydrogen-bond acceptors (Lipinski definition) is 4. The molecule has 0 aromatic heterocycles. The van der Waals surface area contributed by atoms with Gasteiger partial charge in [-0.25, -0.2) is 0 Å².